The molecule has 2 aromatic carbocycles. The number of hydrogen-bond donors (Lipinski definition) is 1. The second-order valence-electron chi connectivity index (χ2n) is 3.94. The molecule has 0 fully saturated rings. The van der Waals surface area contributed by atoms with E-state index < -0.39 is 5.82 Å². The molecule has 0 aliphatic heterocycles. The molecule has 1 amide bonds. The molecule has 0 aliphatic carbocycles. The van der Waals surface area contributed by atoms with E-state index in [4.69, 9.17) is 0 Å². The Morgan fingerprint density at radius 3 is 2.50 bits per heavy atom. The molecule has 0 saturated heterocycles. The van der Waals surface area contributed by atoms with Gasteiger partial charge in [-0.2, -0.15) is 0 Å². The van der Waals surface area contributed by atoms with Gasteiger partial charge in [0.1, 0.15) is 5.82 Å². The average Bonchev–Trinajstić information content (AvgIpc) is 2.41. The molecule has 0 bridgehead atoms. The quantitative estimate of drug-likeness (QED) is 0.876. The number of halogens is 1. The summed E-state index contributed by atoms with van der Waals surface area (Å²) in [6.07, 6.45) is 0.765. The maximum atomic E-state index is 13.4. The maximum absolute atomic E-state index is 13.4. The Morgan fingerprint density at radius 2 is 1.78 bits per heavy atom. The van der Waals surface area contributed by atoms with E-state index in [0.717, 1.165) is 12.0 Å². The largest absolute Gasteiger partial charge is 0.319 e. The standard InChI is InChI=1S/C15H14FNO/c1-2-11-7-3-4-8-12(11)15(18)17-14-10-6-5-9-13(14)16/h3-10H,2H2,1H3,(H,17,18). The molecule has 0 unspecified atom stereocenters. The molecule has 0 atom stereocenters. The predicted octanol–water partition coefficient (Wildman–Crippen LogP) is 3.64. The number of nitrogens with one attached hydrogen (secondary N) is 1. The third-order valence-corrected chi connectivity index (χ3v) is 2.76. The van der Waals surface area contributed by atoms with Gasteiger partial charge < -0.3 is 5.32 Å². The van der Waals surface area contributed by atoms with Crippen molar-refractivity contribution in [1.82, 2.24) is 0 Å². The topological polar surface area (TPSA) is 29.1 Å². The zero-order chi connectivity index (χ0) is 13.0. The van der Waals surface area contributed by atoms with Crippen LogP contribution in [0, 0.1) is 5.82 Å². The number of para-hydroxylation sites is 1. The molecule has 0 spiro atoms. The van der Waals surface area contributed by atoms with Gasteiger partial charge in [-0.15, -0.1) is 0 Å². The molecule has 0 radical (unpaired) electrons. The Morgan fingerprint density at radius 1 is 1.11 bits per heavy atom. The first kappa shape index (κ1) is 12.3. The lowest BCUT2D eigenvalue weighted by Crippen LogP contribution is -2.14. The van der Waals surface area contributed by atoms with E-state index in [9.17, 15) is 9.18 Å². The van der Waals surface area contributed by atoms with Crippen LogP contribution in [0.25, 0.3) is 0 Å². The highest BCUT2D eigenvalue weighted by Gasteiger charge is 2.11. The lowest BCUT2D eigenvalue weighted by atomic mass is 10.0. The van der Waals surface area contributed by atoms with Crippen molar-refractivity contribution in [3.63, 3.8) is 0 Å². The Labute approximate surface area is 105 Å². The van der Waals surface area contributed by atoms with Gasteiger partial charge in [-0.1, -0.05) is 37.3 Å². The van der Waals surface area contributed by atoms with Gasteiger partial charge in [-0.25, -0.2) is 4.39 Å². The molecule has 0 aliphatic rings. The Kier molecular flexibility index (Phi) is 3.72. The van der Waals surface area contributed by atoms with Crippen LogP contribution in [0.1, 0.15) is 22.8 Å². The molecule has 18 heavy (non-hydrogen) atoms. The molecule has 0 aromatic heterocycles. The lowest BCUT2D eigenvalue weighted by molar-refractivity contribution is 0.102. The summed E-state index contributed by atoms with van der Waals surface area (Å²) >= 11 is 0. The van der Waals surface area contributed by atoms with Crippen LogP contribution in [-0.4, -0.2) is 5.91 Å². The molecule has 0 heterocycles. The van der Waals surface area contributed by atoms with E-state index >= 15 is 0 Å². The van der Waals surface area contributed by atoms with Crippen molar-refractivity contribution >= 4 is 11.6 Å². The molecule has 92 valence electrons. The molecular weight excluding hydrogens is 229 g/mol. The summed E-state index contributed by atoms with van der Waals surface area (Å²) in [5, 5.41) is 2.59. The maximum Gasteiger partial charge on any atom is 0.256 e. The van der Waals surface area contributed by atoms with Crippen LogP contribution >= 0.6 is 0 Å². The Hall–Kier alpha value is -2.16. The number of rotatable bonds is 3. The molecule has 2 nitrogen and oxygen atoms in total. The van der Waals surface area contributed by atoms with E-state index in [1.165, 1.54) is 6.07 Å². The van der Waals surface area contributed by atoms with Crippen LogP contribution in [0.5, 0.6) is 0 Å². The number of anilines is 1. The van der Waals surface area contributed by atoms with Gasteiger partial charge in [0, 0.05) is 5.56 Å². The zero-order valence-corrected chi connectivity index (χ0v) is 10.1. The zero-order valence-electron chi connectivity index (χ0n) is 10.1. The first-order valence-electron chi connectivity index (χ1n) is 5.86. The monoisotopic (exact) mass is 243 g/mol. The number of benzene rings is 2. The van der Waals surface area contributed by atoms with E-state index in [-0.39, 0.29) is 11.6 Å². The van der Waals surface area contributed by atoms with Crippen molar-refractivity contribution in [2.75, 3.05) is 5.32 Å². The number of aryl methyl sites for hydroxylation is 1. The summed E-state index contributed by atoms with van der Waals surface area (Å²) in [5.74, 6) is -0.711. The Bertz CT molecular complexity index is 566. The number of carbonyl (C=O) groups excluding carboxylic acids is 1. The van der Waals surface area contributed by atoms with Crippen molar-refractivity contribution < 1.29 is 9.18 Å². The predicted molar refractivity (Wildman–Crippen MR) is 70.2 cm³/mol. The normalized spacial score (nSPS) is 10.1. The van der Waals surface area contributed by atoms with E-state index in [0.29, 0.717) is 5.56 Å². The van der Waals surface area contributed by atoms with E-state index in [1.54, 1.807) is 30.3 Å². The van der Waals surface area contributed by atoms with Crippen molar-refractivity contribution in [3.8, 4) is 0 Å². The van der Waals surface area contributed by atoms with Crippen LogP contribution in [0.4, 0.5) is 10.1 Å². The second-order valence-corrected chi connectivity index (χ2v) is 3.94. The minimum absolute atomic E-state index is 0.202. The highest BCUT2D eigenvalue weighted by atomic mass is 19.1. The summed E-state index contributed by atoms with van der Waals surface area (Å²) in [6.45, 7) is 1.98. The number of hydrogen-bond acceptors (Lipinski definition) is 1. The molecular formula is C15H14FNO. The summed E-state index contributed by atoms with van der Waals surface area (Å²) < 4.78 is 13.4. The number of amides is 1. The van der Waals surface area contributed by atoms with E-state index in [2.05, 4.69) is 5.32 Å². The van der Waals surface area contributed by atoms with Crippen molar-refractivity contribution in [3.05, 3.63) is 65.5 Å². The summed E-state index contributed by atoms with van der Waals surface area (Å²) in [5.41, 5.74) is 1.74. The fourth-order valence-electron chi connectivity index (χ4n) is 1.80. The molecule has 2 rings (SSSR count). The van der Waals surface area contributed by atoms with Crippen LogP contribution in [0.15, 0.2) is 48.5 Å². The SMILES string of the molecule is CCc1ccccc1C(=O)Nc1ccccc1F. The van der Waals surface area contributed by atoms with Crippen LogP contribution in [-0.2, 0) is 6.42 Å². The van der Waals surface area contributed by atoms with Crippen LogP contribution in [0.2, 0.25) is 0 Å². The van der Waals surface area contributed by atoms with Gasteiger partial charge in [0.25, 0.3) is 5.91 Å². The minimum Gasteiger partial charge on any atom is -0.319 e. The van der Waals surface area contributed by atoms with Crippen molar-refractivity contribution in [2.45, 2.75) is 13.3 Å². The van der Waals surface area contributed by atoms with Crippen LogP contribution in [0.3, 0.4) is 0 Å². The first-order valence-corrected chi connectivity index (χ1v) is 5.86. The summed E-state index contributed by atoms with van der Waals surface area (Å²) in [7, 11) is 0. The van der Waals surface area contributed by atoms with Crippen LogP contribution < -0.4 is 5.32 Å². The number of carbonyl (C=O) groups is 1. The fraction of sp³-hybridized carbons (Fsp3) is 0.133. The molecule has 2 aromatic rings. The Balaban J connectivity index is 2.25. The van der Waals surface area contributed by atoms with E-state index in [1.807, 2.05) is 19.1 Å². The average molecular weight is 243 g/mol. The molecule has 1 N–H and O–H groups in total. The van der Waals surface area contributed by atoms with Gasteiger partial charge in [0.05, 0.1) is 5.69 Å². The highest BCUT2D eigenvalue weighted by molar-refractivity contribution is 6.05. The summed E-state index contributed by atoms with van der Waals surface area (Å²) in [6, 6.07) is 13.5. The fourth-order valence-corrected chi connectivity index (χ4v) is 1.80. The molecule has 0 saturated carbocycles. The minimum atomic E-state index is -0.431. The third kappa shape index (κ3) is 2.56. The molecule has 3 heteroatoms. The highest BCUT2D eigenvalue weighted by Crippen LogP contribution is 2.16. The van der Waals surface area contributed by atoms with Gasteiger partial charge >= 0.3 is 0 Å². The van der Waals surface area contributed by atoms with Gasteiger partial charge in [-0.05, 0) is 30.2 Å². The second kappa shape index (κ2) is 5.45. The van der Waals surface area contributed by atoms with Gasteiger partial charge in [0.2, 0.25) is 0 Å². The van der Waals surface area contributed by atoms with Gasteiger partial charge in [0.15, 0.2) is 0 Å². The van der Waals surface area contributed by atoms with Crippen molar-refractivity contribution in [1.29, 1.82) is 0 Å². The van der Waals surface area contributed by atoms with Gasteiger partial charge in [-0.3, -0.25) is 4.79 Å². The summed E-state index contributed by atoms with van der Waals surface area (Å²) in [4.78, 5) is 12.1. The smallest absolute Gasteiger partial charge is 0.256 e. The first-order chi connectivity index (χ1) is 8.72. The third-order valence-electron chi connectivity index (χ3n) is 2.76. The van der Waals surface area contributed by atoms with Crippen molar-refractivity contribution in [2.24, 2.45) is 0 Å². The lowest BCUT2D eigenvalue weighted by Gasteiger charge is -2.09.